The minimum atomic E-state index is -0.325. The molecule has 0 fully saturated rings. The maximum atomic E-state index is 10.1. The molecule has 0 bridgehead atoms. The van der Waals surface area contributed by atoms with Crippen molar-refractivity contribution in [1.29, 1.82) is 0 Å². The molecule has 0 spiro atoms. The van der Waals surface area contributed by atoms with Gasteiger partial charge in [0, 0.05) is 4.47 Å². The van der Waals surface area contributed by atoms with Crippen LogP contribution in [0, 0.1) is 0 Å². The second-order valence-electron chi connectivity index (χ2n) is 5.66. The summed E-state index contributed by atoms with van der Waals surface area (Å²) in [7, 11) is 0. The summed E-state index contributed by atoms with van der Waals surface area (Å²) in [5, 5.41) is 10.1. The lowest BCUT2D eigenvalue weighted by atomic mass is 9.94. The lowest BCUT2D eigenvalue weighted by Crippen LogP contribution is -1.98. The highest BCUT2D eigenvalue weighted by molar-refractivity contribution is 9.10. The quantitative estimate of drug-likeness (QED) is 0.623. The van der Waals surface area contributed by atoms with Gasteiger partial charge in [-0.25, -0.2) is 0 Å². The number of aliphatic hydroxyl groups excluding tert-OH is 1. The number of hydrogen-bond acceptors (Lipinski definition) is 1. The molecule has 2 aromatic rings. The van der Waals surface area contributed by atoms with Crippen LogP contribution in [0.1, 0.15) is 55.8 Å². The van der Waals surface area contributed by atoms with Gasteiger partial charge < -0.3 is 5.11 Å². The first-order valence-corrected chi connectivity index (χ1v) is 8.44. The van der Waals surface area contributed by atoms with Crippen LogP contribution in [0.4, 0.5) is 0 Å². The Bertz CT molecular complexity index is 521. The summed E-state index contributed by atoms with van der Waals surface area (Å²) in [5.74, 6) is 0.576. The third-order valence-corrected chi connectivity index (χ3v) is 4.52. The summed E-state index contributed by atoms with van der Waals surface area (Å²) < 4.78 is 1.13. The molecule has 2 aromatic carbocycles. The molecule has 2 heteroatoms. The van der Waals surface area contributed by atoms with Crippen LogP contribution in [0.2, 0.25) is 0 Å². The van der Waals surface area contributed by atoms with Crippen molar-refractivity contribution in [2.75, 3.05) is 0 Å². The fourth-order valence-corrected chi connectivity index (χ4v) is 2.85. The van der Waals surface area contributed by atoms with Gasteiger partial charge >= 0.3 is 0 Å². The maximum Gasteiger partial charge on any atom is 0.0790 e. The highest BCUT2D eigenvalue weighted by Gasteiger charge is 2.08. The Morgan fingerprint density at radius 3 is 2.14 bits per heavy atom. The maximum absolute atomic E-state index is 10.1. The smallest absolute Gasteiger partial charge is 0.0790 e. The number of unbranched alkanes of at least 4 members (excludes halogenated alkanes) is 1. The van der Waals surface area contributed by atoms with E-state index in [1.807, 2.05) is 30.3 Å². The Kier molecular flexibility index (Phi) is 6.47. The van der Waals surface area contributed by atoms with E-state index in [0.717, 1.165) is 29.3 Å². The molecular weight excluding hydrogens is 324 g/mol. The first-order chi connectivity index (χ1) is 10.2. The molecule has 0 saturated heterocycles. The largest absolute Gasteiger partial charge is 0.388 e. The van der Waals surface area contributed by atoms with E-state index in [-0.39, 0.29) is 6.10 Å². The van der Waals surface area contributed by atoms with E-state index in [1.165, 1.54) is 12.0 Å². The van der Waals surface area contributed by atoms with Crippen molar-refractivity contribution in [3.05, 3.63) is 70.2 Å². The number of aliphatic hydroxyl groups is 1. The molecule has 0 amide bonds. The first-order valence-electron chi connectivity index (χ1n) is 7.65. The third-order valence-electron chi connectivity index (χ3n) is 3.99. The van der Waals surface area contributed by atoms with Gasteiger partial charge in [-0.15, -0.1) is 0 Å². The molecule has 2 rings (SSSR count). The van der Waals surface area contributed by atoms with E-state index >= 15 is 0 Å². The highest BCUT2D eigenvalue weighted by atomic mass is 79.9. The third kappa shape index (κ3) is 5.29. The number of halogens is 1. The second-order valence-corrected chi connectivity index (χ2v) is 6.58. The minimum absolute atomic E-state index is 0.325. The van der Waals surface area contributed by atoms with Crippen molar-refractivity contribution in [1.82, 2.24) is 0 Å². The van der Waals surface area contributed by atoms with Crippen molar-refractivity contribution in [2.45, 2.75) is 44.6 Å². The molecule has 0 aliphatic carbocycles. The zero-order valence-corrected chi connectivity index (χ0v) is 14.1. The van der Waals surface area contributed by atoms with Gasteiger partial charge in [-0.3, -0.25) is 0 Å². The van der Waals surface area contributed by atoms with Crippen LogP contribution in [0.25, 0.3) is 0 Å². The average Bonchev–Trinajstić information content (AvgIpc) is 2.52. The second kappa shape index (κ2) is 8.35. The van der Waals surface area contributed by atoms with Crippen LogP contribution in [0.15, 0.2) is 59.1 Å². The summed E-state index contributed by atoms with van der Waals surface area (Å²) in [6.45, 7) is 2.27. The normalized spacial score (nSPS) is 13.9. The Balaban J connectivity index is 1.71. The Labute approximate surface area is 136 Å². The topological polar surface area (TPSA) is 20.2 Å². The Morgan fingerprint density at radius 2 is 1.48 bits per heavy atom. The highest BCUT2D eigenvalue weighted by Crippen LogP contribution is 2.25. The lowest BCUT2D eigenvalue weighted by molar-refractivity contribution is 0.163. The molecule has 1 unspecified atom stereocenters. The van der Waals surface area contributed by atoms with Crippen molar-refractivity contribution in [2.24, 2.45) is 0 Å². The van der Waals surface area contributed by atoms with Crippen LogP contribution < -0.4 is 0 Å². The van der Waals surface area contributed by atoms with Crippen LogP contribution >= 0.6 is 15.9 Å². The van der Waals surface area contributed by atoms with Gasteiger partial charge in [0.15, 0.2) is 0 Å². The zero-order chi connectivity index (χ0) is 15.1. The molecule has 0 aliphatic rings. The standard InChI is InChI=1S/C19H23BrO/c1-15(16-11-13-18(20)14-12-16)7-5-6-10-19(21)17-8-3-2-4-9-17/h2-4,8-9,11-15,19,21H,5-7,10H2,1H3/t15-,19?/m1/s1. The van der Waals surface area contributed by atoms with Gasteiger partial charge in [0.25, 0.3) is 0 Å². The number of benzene rings is 2. The van der Waals surface area contributed by atoms with Crippen molar-refractivity contribution in [3.8, 4) is 0 Å². The van der Waals surface area contributed by atoms with Gasteiger partial charge in [-0.2, -0.15) is 0 Å². The van der Waals surface area contributed by atoms with Crippen molar-refractivity contribution >= 4 is 15.9 Å². The summed E-state index contributed by atoms with van der Waals surface area (Å²) >= 11 is 3.47. The molecule has 1 N–H and O–H groups in total. The van der Waals surface area contributed by atoms with Crippen LogP contribution in [0.3, 0.4) is 0 Å². The van der Waals surface area contributed by atoms with E-state index in [0.29, 0.717) is 5.92 Å². The van der Waals surface area contributed by atoms with Gasteiger partial charge in [-0.05, 0) is 42.0 Å². The predicted octanol–water partition coefficient (Wildman–Crippen LogP) is 5.85. The Hall–Kier alpha value is -1.12. The van der Waals surface area contributed by atoms with Gasteiger partial charge in [0.05, 0.1) is 6.10 Å². The number of rotatable bonds is 7. The molecule has 0 aromatic heterocycles. The lowest BCUT2D eigenvalue weighted by Gasteiger charge is -2.14. The molecule has 0 radical (unpaired) electrons. The molecule has 1 nitrogen and oxygen atoms in total. The molecule has 0 saturated carbocycles. The summed E-state index contributed by atoms with van der Waals surface area (Å²) in [6, 6.07) is 18.5. The Morgan fingerprint density at radius 1 is 0.857 bits per heavy atom. The van der Waals surface area contributed by atoms with E-state index in [1.54, 1.807) is 0 Å². The summed E-state index contributed by atoms with van der Waals surface area (Å²) in [6.07, 6.45) is 3.91. The average molecular weight is 347 g/mol. The molecule has 0 heterocycles. The minimum Gasteiger partial charge on any atom is -0.388 e. The summed E-state index contributed by atoms with van der Waals surface area (Å²) in [4.78, 5) is 0. The fraction of sp³-hybridized carbons (Fsp3) is 0.368. The first kappa shape index (κ1) is 16.3. The SMILES string of the molecule is C[C@H](CCCCC(O)c1ccccc1)c1ccc(Br)cc1. The van der Waals surface area contributed by atoms with E-state index in [9.17, 15) is 5.11 Å². The molecular formula is C19H23BrO. The summed E-state index contributed by atoms with van der Waals surface area (Å²) in [5.41, 5.74) is 2.42. The van der Waals surface area contributed by atoms with Gasteiger partial charge in [-0.1, -0.05) is 78.2 Å². The molecule has 21 heavy (non-hydrogen) atoms. The van der Waals surface area contributed by atoms with Crippen LogP contribution in [-0.4, -0.2) is 5.11 Å². The molecule has 2 atom stereocenters. The molecule has 112 valence electrons. The van der Waals surface area contributed by atoms with Gasteiger partial charge in [0.1, 0.15) is 0 Å². The van der Waals surface area contributed by atoms with Crippen LogP contribution in [-0.2, 0) is 0 Å². The number of hydrogen-bond donors (Lipinski definition) is 1. The predicted molar refractivity (Wildman–Crippen MR) is 92.4 cm³/mol. The van der Waals surface area contributed by atoms with Crippen LogP contribution in [0.5, 0.6) is 0 Å². The van der Waals surface area contributed by atoms with Crippen molar-refractivity contribution < 1.29 is 5.11 Å². The van der Waals surface area contributed by atoms with Gasteiger partial charge in [0.2, 0.25) is 0 Å². The fourth-order valence-electron chi connectivity index (χ4n) is 2.59. The van der Waals surface area contributed by atoms with E-state index in [4.69, 9.17) is 0 Å². The molecule has 0 aliphatic heterocycles. The van der Waals surface area contributed by atoms with E-state index < -0.39 is 0 Å². The van der Waals surface area contributed by atoms with E-state index in [2.05, 4.69) is 47.1 Å². The monoisotopic (exact) mass is 346 g/mol. The van der Waals surface area contributed by atoms with Crippen molar-refractivity contribution in [3.63, 3.8) is 0 Å². The zero-order valence-electron chi connectivity index (χ0n) is 12.5.